The van der Waals surface area contributed by atoms with Gasteiger partial charge >= 0.3 is 5.97 Å². The summed E-state index contributed by atoms with van der Waals surface area (Å²) in [5.41, 5.74) is 3.11. The lowest BCUT2D eigenvalue weighted by molar-refractivity contribution is 0.0698. The fourth-order valence-electron chi connectivity index (χ4n) is 2.63. The predicted octanol–water partition coefficient (Wildman–Crippen LogP) is 5.74. The van der Waals surface area contributed by atoms with Crippen LogP contribution < -0.4 is 5.32 Å². The number of nitrogens with one attached hydrogen (secondary N) is 1. The molecule has 1 heterocycles. The van der Waals surface area contributed by atoms with E-state index < -0.39 is 5.97 Å². The summed E-state index contributed by atoms with van der Waals surface area (Å²) in [4.78, 5) is 16.6. The number of carboxylic acids is 1. The van der Waals surface area contributed by atoms with Crippen LogP contribution in [-0.2, 0) is 0 Å². The van der Waals surface area contributed by atoms with E-state index in [2.05, 4.69) is 22.9 Å². The number of anilines is 2. The highest BCUT2D eigenvalue weighted by atomic mass is 35.5. The van der Waals surface area contributed by atoms with Crippen molar-refractivity contribution in [1.82, 2.24) is 4.98 Å². The van der Waals surface area contributed by atoms with Crippen LogP contribution in [0.3, 0.4) is 0 Å². The number of hydrogen-bond donors (Lipinski definition) is 3. The van der Waals surface area contributed by atoms with Gasteiger partial charge in [0.25, 0.3) is 0 Å². The van der Waals surface area contributed by atoms with E-state index in [9.17, 15) is 9.90 Å². The van der Waals surface area contributed by atoms with Gasteiger partial charge in [-0.2, -0.15) is 0 Å². The molecule has 0 amide bonds. The van der Waals surface area contributed by atoms with Gasteiger partial charge in [-0.1, -0.05) is 31.5 Å². The van der Waals surface area contributed by atoms with Gasteiger partial charge in [-0.3, -0.25) is 4.98 Å². The van der Waals surface area contributed by atoms with Gasteiger partial charge in [0.1, 0.15) is 0 Å². The van der Waals surface area contributed by atoms with E-state index in [1.807, 2.05) is 26.0 Å². The summed E-state index contributed by atoms with van der Waals surface area (Å²) in [6, 6.07) is 10.8. The lowest BCUT2D eigenvalue weighted by Gasteiger charge is -2.16. The normalized spacial score (nSPS) is 11.1. The second kappa shape index (κ2) is 6.94. The molecule has 1 aromatic heterocycles. The lowest BCUT2D eigenvalue weighted by atomic mass is 9.99. The van der Waals surface area contributed by atoms with Crippen LogP contribution in [0.5, 0.6) is 0 Å². The number of benzene rings is 2. The van der Waals surface area contributed by atoms with Gasteiger partial charge in [-0.15, -0.1) is 12.6 Å². The van der Waals surface area contributed by atoms with E-state index in [-0.39, 0.29) is 11.5 Å². The largest absolute Gasteiger partial charge is 0.478 e. The van der Waals surface area contributed by atoms with Crippen molar-refractivity contribution in [3.8, 4) is 0 Å². The topological polar surface area (TPSA) is 62.2 Å². The van der Waals surface area contributed by atoms with Crippen molar-refractivity contribution in [3.05, 3.63) is 58.7 Å². The first-order valence-corrected chi connectivity index (χ1v) is 8.61. The molecule has 0 aliphatic carbocycles. The Hall–Kier alpha value is -2.24. The van der Waals surface area contributed by atoms with E-state index in [0.717, 1.165) is 16.5 Å². The number of carbonyl (C=O) groups is 1. The minimum absolute atomic E-state index is 0.214. The van der Waals surface area contributed by atoms with Crippen molar-refractivity contribution in [1.29, 1.82) is 0 Å². The van der Waals surface area contributed by atoms with Crippen molar-refractivity contribution in [2.24, 2.45) is 0 Å². The van der Waals surface area contributed by atoms with Crippen LogP contribution in [0, 0.1) is 0 Å². The zero-order chi connectivity index (χ0) is 18.1. The molecule has 6 heteroatoms. The Bertz CT molecular complexity index is 968. The Morgan fingerprint density at radius 1 is 1.24 bits per heavy atom. The molecule has 2 aromatic carbocycles. The van der Waals surface area contributed by atoms with E-state index in [1.165, 1.54) is 0 Å². The second-order valence-corrected chi connectivity index (χ2v) is 6.99. The van der Waals surface area contributed by atoms with E-state index in [4.69, 9.17) is 11.6 Å². The third-order valence-electron chi connectivity index (χ3n) is 4.01. The maximum atomic E-state index is 11.7. The van der Waals surface area contributed by atoms with Gasteiger partial charge in [-0.05, 0) is 41.8 Å². The Labute approximate surface area is 156 Å². The minimum Gasteiger partial charge on any atom is -0.478 e. The average molecular weight is 373 g/mol. The first-order valence-electron chi connectivity index (χ1n) is 7.78. The number of rotatable bonds is 4. The van der Waals surface area contributed by atoms with Gasteiger partial charge in [0.15, 0.2) is 0 Å². The van der Waals surface area contributed by atoms with Crippen LogP contribution >= 0.6 is 24.2 Å². The molecule has 0 spiro atoms. The molecular weight excluding hydrogens is 356 g/mol. The number of thiol groups is 1. The summed E-state index contributed by atoms with van der Waals surface area (Å²) in [6.45, 7) is 4.05. The standard InChI is InChI=1S/C19H17ClN2O2S/c1-10(2)11-3-5-16(14(7-11)19(23)24)22-18-13-8-12(20)4-6-15(13)21-9-17(18)25/h3-10,25H,1-2H3,(H,21,22)(H,23,24). The second-order valence-electron chi connectivity index (χ2n) is 6.07. The van der Waals surface area contributed by atoms with E-state index >= 15 is 0 Å². The average Bonchev–Trinajstić information content (AvgIpc) is 2.57. The minimum atomic E-state index is -0.984. The molecule has 0 fully saturated rings. The maximum absolute atomic E-state index is 11.7. The summed E-state index contributed by atoms with van der Waals surface area (Å²) in [5.74, 6) is -0.740. The first-order chi connectivity index (χ1) is 11.9. The Kier molecular flexibility index (Phi) is 4.88. The number of aromatic nitrogens is 1. The molecule has 2 N–H and O–H groups in total. The lowest BCUT2D eigenvalue weighted by Crippen LogP contribution is -2.05. The Morgan fingerprint density at radius 2 is 2.00 bits per heavy atom. The molecular formula is C19H17ClN2O2S. The van der Waals surface area contributed by atoms with Crippen molar-refractivity contribution >= 4 is 52.5 Å². The van der Waals surface area contributed by atoms with E-state index in [1.54, 1.807) is 30.5 Å². The molecule has 128 valence electrons. The van der Waals surface area contributed by atoms with Crippen LogP contribution in [-0.4, -0.2) is 16.1 Å². The number of carboxylic acid groups (broad SMARTS) is 1. The number of aromatic carboxylic acids is 1. The van der Waals surface area contributed by atoms with Crippen LogP contribution in [0.15, 0.2) is 47.5 Å². The molecule has 4 nitrogen and oxygen atoms in total. The van der Waals surface area contributed by atoms with Crippen LogP contribution in [0.2, 0.25) is 5.02 Å². The zero-order valence-electron chi connectivity index (χ0n) is 13.7. The summed E-state index contributed by atoms with van der Waals surface area (Å²) in [5, 5.41) is 14.1. The van der Waals surface area contributed by atoms with Crippen LogP contribution in [0.25, 0.3) is 10.9 Å². The number of pyridine rings is 1. The molecule has 0 aliphatic rings. The third kappa shape index (κ3) is 3.57. The van der Waals surface area contributed by atoms with Gasteiger partial charge in [0, 0.05) is 21.5 Å². The number of halogens is 1. The number of hydrogen-bond acceptors (Lipinski definition) is 4. The SMILES string of the molecule is CC(C)c1ccc(Nc2c(S)cnc3ccc(Cl)cc23)c(C(=O)O)c1. The molecule has 25 heavy (non-hydrogen) atoms. The van der Waals surface area contributed by atoms with Crippen molar-refractivity contribution < 1.29 is 9.90 Å². The smallest absolute Gasteiger partial charge is 0.337 e. The zero-order valence-corrected chi connectivity index (χ0v) is 15.4. The monoisotopic (exact) mass is 372 g/mol. The summed E-state index contributed by atoms with van der Waals surface area (Å²) < 4.78 is 0. The van der Waals surface area contributed by atoms with Gasteiger partial charge < -0.3 is 10.4 Å². The molecule has 0 radical (unpaired) electrons. The van der Waals surface area contributed by atoms with Gasteiger partial charge in [0.05, 0.1) is 22.5 Å². The fraction of sp³-hybridized carbons (Fsp3) is 0.158. The number of fused-ring (bicyclic) bond motifs is 1. The highest BCUT2D eigenvalue weighted by Gasteiger charge is 2.15. The quantitative estimate of drug-likeness (QED) is 0.511. The van der Waals surface area contributed by atoms with E-state index in [0.29, 0.717) is 21.3 Å². The molecule has 0 saturated carbocycles. The molecule has 0 atom stereocenters. The fourth-order valence-corrected chi connectivity index (χ4v) is 3.03. The highest BCUT2D eigenvalue weighted by Crippen LogP contribution is 2.34. The van der Waals surface area contributed by atoms with Crippen molar-refractivity contribution in [2.45, 2.75) is 24.7 Å². The van der Waals surface area contributed by atoms with Gasteiger partial charge in [0.2, 0.25) is 0 Å². The van der Waals surface area contributed by atoms with Crippen LogP contribution in [0.4, 0.5) is 11.4 Å². The third-order valence-corrected chi connectivity index (χ3v) is 4.58. The Morgan fingerprint density at radius 3 is 2.68 bits per heavy atom. The molecule has 0 bridgehead atoms. The first kappa shape index (κ1) is 17.6. The number of nitrogens with zero attached hydrogens (tertiary/aromatic N) is 1. The highest BCUT2D eigenvalue weighted by molar-refractivity contribution is 7.80. The molecule has 0 unspecified atom stereocenters. The molecule has 3 rings (SSSR count). The molecule has 0 aliphatic heterocycles. The van der Waals surface area contributed by atoms with Crippen LogP contribution in [0.1, 0.15) is 35.7 Å². The summed E-state index contributed by atoms with van der Waals surface area (Å²) in [6.07, 6.45) is 1.63. The summed E-state index contributed by atoms with van der Waals surface area (Å²) >= 11 is 10.6. The Balaban J connectivity index is 2.14. The van der Waals surface area contributed by atoms with Crippen molar-refractivity contribution in [3.63, 3.8) is 0 Å². The predicted molar refractivity (Wildman–Crippen MR) is 105 cm³/mol. The molecule has 0 saturated heterocycles. The summed E-state index contributed by atoms with van der Waals surface area (Å²) in [7, 11) is 0. The van der Waals surface area contributed by atoms with Crippen molar-refractivity contribution in [2.75, 3.05) is 5.32 Å². The van der Waals surface area contributed by atoms with Gasteiger partial charge in [-0.25, -0.2) is 4.79 Å². The maximum Gasteiger partial charge on any atom is 0.337 e. The molecule has 3 aromatic rings.